The van der Waals surface area contributed by atoms with Crippen LogP contribution in [0.2, 0.25) is 0 Å². The van der Waals surface area contributed by atoms with Crippen molar-refractivity contribution >= 4 is 11.6 Å². The average Bonchev–Trinajstić information content (AvgIpc) is 3.54. The molecule has 2 saturated carbocycles. The van der Waals surface area contributed by atoms with Gasteiger partial charge in [-0.2, -0.15) is 0 Å². The van der Waals surface area contributed by atoms with Crippen LogP contribution < -0.4 is 0 Å². The lowest BCUT2D eigenvalue weighted by Gasteiger charge is -2.35. The summed E-state index contributed by atoms with van der Waals surface area (Å²) in [4.78, 5) is 25.4. The summed E-state index contributed by atoms with van der Waals surface area (Å²) in [5, 5.41) is 0. The van der Waals surface area contributed by atoms with Gasteiger partial charge in [-0.1, -0.05) is 48.5 Å². The zero-order chi connectivity index (χ0) is 24.6. The fraction of sp³-hybridized carbons (Fsp3) is 0.533. The van der Waals surface area contributed by atoms with Gasteiger partial charge in [0.2, 0.25) is 0 Å². The van der Waals surface area contributed by atoms with Crippen LogP contribution in [0.3, 0.4) is 0 Å². The van der Waals surface area contributed by atoms with Crippen molar-refractivity contribution in [3.05, 3.63) is 59.7 Å². The fourth-order valence-corrected chi connectivity index (χ4v) is 6.43. The molecule has 2 spiro atoms. The molecular formula is C30H34O6. The predicted octanol–water partition coefficient (Wildman–Crippen LogP) is 4.66. The summed E-state index contributed by atoms with van der Waals surface area (Å²) in [6, 6.07) is 16.9. The van der Waals surface area contributed by atoms with Crippen LogP contribution in [0.25, 0.3) is 11.1 Å². The van der Waals surface area contributed by atoms with Gasteiger partial charge in [0.15, 0.2) is 11.6 Å². The maximum Gasteiger partial charge on any atom is 0.169 e. The van der Waals surface area contributed by atoms with Gasteiger partial charge in [0, 0.05) is 50.4 Å². The molecule has 6 rings (SSSR count). The largest absolute Gasteiger partial charge is 0.347 e. The Morgan fingerprint density at radius 1 is 0.639 bits per heavy atom. The van der Waals surface area contributed by atoms with Crippen LogP contribution in [0.1, 0.15) is 49.7 Å². The number of hydrogen-bond acceptors (Lipinski definition) is 6. The summed E-state index contributed by atoms with van der Waals surface area (Å²) in [5.74, 6) is -0.677. The molecule has 6 heteroatoms. The Balaban J connectivity index is 1.16. The van der Waals surface area contributed by atoms with Gasteiger partial charge in [-0.15, -0.1) is 0 Å². The second kappa shape index (κ2) is 9.82. The Morgan fingerprint density at radius 2 is 1.06 bits per heavy atom. The zero-order valence-electron chi connectivity index (χ0n) is 20.7. The van der Waals surface area contributed by atoms with Crippen molar-refractivity contribution in [3.63, 3.8) is 0 Å². The topological polar surface area (TPSA) is 71.1 Å². The second-order valence-corrected chi connectivity index (χ2v) is 10.8. The van der Waals surface area contributed by atoms with Gasteiger partial charge < -0.3 is 18.9 Å². The molecule has 0 bridgehead atoms. The summed E-state index contributed by atoms with van der Waals surface area (Å²) in [6.07, 6.45) is 5.02. The van der Waals surface area contributed by atoms with Crippen molar-refractivity contribution in [1.29, 1.82) is 0 Å². The number of ketones is 2. The first kappa shape index (κ1) is 24.0. The van der Waals surface area contributed by atoms with Gasteiger partial charge in [-0.05, 0) is 35.1 Å². The van der Waals surface area contributed by atoms with Gasteiger partial charge in [0.05, 0.1) is 26.4 Å². The first-order chi connectivity index (χ1) is 17.5. The molecule has 0 radical (unpaired) electrons. The minimum atomic E-state index is -0.561. The van der Waals surface area contributed by atoms with Crippen LogP contribution in [0.15, 0.2) is 48.5 Å². The second-order valence-electron chi connectivity index (χ2n) is 10.8. The summed E-state index contributed by atoms with van der Waals surface area (Å²) in [7, 11) is 0. The van der Waals surface area contributed by atoms with Crippen molar-refractivity contribution in [2.24, 2.45) is 11.8 Å². The van der Waals surface area contributed by atoms with E-state index in [4.69, 9.17) is 18.9 Å². The van der Waals surface area contributed by atoms with E-state index in [9.17, 15) is 9.59 Å². The van der Waals surface area contributed by atoms with E-state index >= 15 is 0 Å². The number of rotatable bonds is 5. The van der Waals surface area contributed by atoms with Crippen molar-refractivity contribution in [2.75, 3.05) is 26.4 Å². The van der Waals surface area contributed by atoms with Crippen molar-refractivity contribution in [3.8, 4) is 11.1 Å². The summed E-state index contributed by atoms with van der Waals surface area (Å²) in [5.41, 5.74) is 4.53. The van der Waals surface area contributed by atoms with E-state index in [0.717, 1.165) is 22.3 Å². The molecule has 36 heavy (non-hydrogen) atoms. The highest BCUT2D eigenvalue weighted by Crippen LogP contribution is 2.40. The highest BCUT2D eigenvalue weighted by atomic mass is 16.7. The molecule has 2 heterocycles. The third-order valence-corrected chi connectivity index (χ3v) is 8.31. The molecule has 2 aliphatic heterocycles. The molecule has 0 N–H and O–H groups in total. The summed E-state index contributed by atoms with van der Waals surface area (Å²) in [6.45, 7) is 2.45. The molecule has 2 aromatic rings. The van der Waals surface area contributed by atoms with Crippen molar-refractivity contribution < 1.29 is 28.5 Å². The minimum Gasteiger partial charge on any atom is -0.347 e. The van der Waals surface area contributed by atoms with Gasteiger partial charge in [-0.25, -0.2) is 0 Å². The quantitative estimate of drug-likeness (QED) is 0.607. The van der Waals surface area contributed by atoms with Gasteiger partial charge in [0.1, 0.15) is 11.6 Å². The van der Waals surface area contributed by atoms with Crippen LogP contribution in [-0.2, 0) is 41.4 Å². The van der Waals surface area contributed by atoms with Crippen LogP contribution in [0.5, 0.6) is 0 Å². The highest BCUT2D eigenvalue weighted by molar-refractivity contribution is 5.83. The normalized spacial score (nSPS) is 27.2. The molecule has 6 nitrogen and oxygen atoms in total. The standard InChI is InChI=1S/C30H34O6/c31-27-7-9-29(33-11-12-34-29)19-25(27)17-21-3-1-5-23(15-21)24-6-2-4-22(16-24)18-26-20-30(10-8-28(26)32)35-13-14-36-30/h1-6,15-16,25-26H,7-14,17-20H2. The third-order valence-electron chi connectivity index (χ3n) is 8.31. The number of carbonyl (C=O) groups is 2. The summed E-state index contributed by atoms with van der Waals surface area (Å²) >= 11 is 0. The van der Waals surface area contributed by atoms with Gasteiger partial charge in [0.25, 0.3) is 0 Å². The first-order valence-corrected chi connectivity index (χ1v) is 13.3. The Morgan fingerprint density at radius 3 is 1.47 bits per heavy atom. The van der Waals surface area contributed by atoms with E-state index in [0.29, 0.717) is 89.4 Å². The number of ether oxygens (including phenoxy) is 4. The summed E-state index contributed by atoms with van der Waals surface area (Å²) < 4.78 is 23.6. The van der Waals surface area contributed by atoms with Crippen LogP contribution in [0.4, 0.5) is 0 Å². The monoisotopic (exact) mass is 490 g/mol. The maximum absolute atomic E-state index is 12.7. The van der Waals surface area contributed by atoms with E-state index in [1.807, 2.05) is 0 Å². The molecular weight excluding hydrogens is 456 g/mol. The molecule has 2 aliphatic carbocycles. The fourth-order valence-electron chi connectivity index (χ4n) is 6.43. The molecule has 0 aromatic heterocycles. The zero-order valence-corrected chi connectivity index (χ0v) is 20.7. The molecule has 4 fully saturated rings. The van der Waals surface area contributed by atoms with E-state index in [2.05, 4.69) is 48.5 Å². The predicted molar refractivity (Wildman–Crippen MR) is 133 cm³/mol. The third kappa shape index (κ3) is 4.92. The van der Waals surface area contributed by atoms with E-state index in [-0.39, 0.29) is 11.8 Å². The Kier molecular flexibility index (Phi) is 6.54. The van der Waals surface area contributed by atoms with Crippen molar-refractivity contribution in [2.45, 2.75) is 62.9 Å². The minimum absolute atomic E-state index is 0.0805. The average molecular weight is 491 g/mol. The van der Waals surface area contributed by atoms with Crippen LogP contribution in [-0.4, -0.2) is 49.6 Å². The number of benzene rings is 2. The lowest BCUT2D eigenvalue weighted by Crippen LogP contribution is -2.41. The SMILES string of the molecule is O=C1CCC2(CC1Cc1cccc(-c3cccc(CC4CC5(CCC4=O)OCCO5)c3)c1)OCCO2. The van der Waals surface area contributed by atoms with Crippen LogP contribution >= 0.6 is 0 Å². The Hall–Kier alpha value is -2.38. The molecule has 0 amide bonds. The Labute approximate surface area is 212 Å². The maximum atomic E-state index is 12.7. The number of hydrogen-bond donors (Lipinski definition) is 0. The Bertz CT molecular complexity index is 1040. The van der Waals surface area contributed by atoms with Gasteiger partial charge >= 0.3 is 0 Å². The smallest absolute Gasteiger partial charge is 0.169 e. The molecule has 2 aromatic carbocycles. The van der Waals surface area contributed by atoms with E-state index in [1.54, 1.807) is 0 Å². The first-order valence-electron chi connectivity index (χ1n) is 13.3. The molecule has 190 valence electrons. The molecule has 2 unspecified atom stereocenters. The lowest BCUT2D eigenvalue weighted by molar-refractivity contribution is -0.189. The highest BCUT2D eigenvalue weighted by Gasteiger charge is 2.45. The molecule has 4 aliphatic rings. The van der Waals surface area contributed by atoms with Crippen molar-refractivity contribution in [1.82, 2.24) is 0 Å². The van der Waals surface area contributed by atoms with E-state index < -0.39 is 11.6 Å². The number of Topliss-reactive ketones (excluding diaryl/α,β-unsaturated/α-hetero) is 2. The van der Waals surface area contributed by atoms with E-state index in [1.165, 1.54) is 0 Å². The molecule has 2 atom stereocenters. The molecule has 2 saturated heterocycles. The lowest BCUT2D eigenvalue weighted by atomic mass is 9.79. The van der Waals surface area contributed by atoms with Gasteiger partial charge in [-0.3, -0.25) is 9.59 Å². The van der Waals surface area contributed by atoms with Crippen LogP contribution in [0, 0.1) is 11.8 Å². The number of carbonyl (C=O) groups excluding carboxylic acids is 2.